The maximum absolute atomic E-state index is 13.6. The maximum atomic E-state index is 13.6. The Morgan fingerprint density at radius 3 is 2.76 bits per heavy atom. The van der Waals surface area contributed by atoms with Crippen LogP contribution in [-0.4, -0.2) is 48.3 Å². The average molecular weight is 289 g/mol. The van der Waals surface area contributed by atoms with Crippen LogP contribution in [0.15, 0.2) is 18.2 Å². The van der Waals surface area contributed by atoms with Gasteiger partial charge in [-0.15, -0.1) is 0 Å². The normalized spacial score (nSPS) is 15.0. The summed E-state index contributed by atoms with van der Waals surface area (Å²) in [7, 11) is 1.59. The summed E-state index contributed by atoms with van der Waals surface area (Å²) in [4.78, 5) is 26.4. The second kappa shape index (κ2) is 6.37. The average Bonchev–Trinajstić information content (AvgIpc) is 2.45. The summed E-state index contributed by atoms with van der Waals surface area (Å²) in [5.74, 6) is 4.57. The molecule has 1 saturated heterocycles. The van der Waals surface area contributed by atoms with Crippen LogP contribution >= 0.6 is 0 Å². The molecule has 2 N–H and O–H groups in total. The van der Waals surface area contributed by atoms with Gasteiger partial charge >= 0.3 is 0 Å². The number of nitrogens with zero attached hydrogens (tertiary/aromatic N) is 2. The molecule has 6 heteroatoms. The van der Waals surface area contributed by atoms with E-state index in [4.69, 9.17) is 5.73 Å². The molecule has 110 valence electrons. The fourth-order valence-corrected chi connectivity index (χ4v) is 2.04. The number of hydrogen-bond acceptors (Lipinski definition) is 3. The number of hydrogen-bond donors (Lipinski definition) is 1. The molecule has 0 atom stereocenters. The van der Waals surface area contributed by atoms with Crippen LogP contribution in [0.3, 0.4) is 0 Å². The zero-order chi connectivity index (χ0) is 15.4. The molecule has 1 aromatic carbocycles. The minimum atomic E-state index is -0.430. The van der Waals surface area contributed by atoms with Gasteiger partial charge in [0.2, 0.25) is 11.8 Å². The van der Waals surface area contributed by atoms with Crippen LogP contribution in [0.4, 0.5) is 4.39 Å². The summed E-state index contributed by atoms with van der Waals surface area (Å²) in [6, 6.07) is 4.46. The predicted molar refractivity (Wildman–Crippen MR) is 75.4 cm³/mol. The zero-order valence-corrected chi connectivity index (χ0v) is 11.7. The molecule has 0 radical (unpaired) electrons. The fourth-order valence-electron chi connectivity index (χ4n) is 2.04. The summed E-state index contributed by atoms with van der Waals surface area (Å²) in [5.41, 5.74) is 6.24. The molecule has 2 rings (SSSR count). The van der Waals surface area contributed by atoms with Crippen LogP contribution < -0.4 is 5.73 Å². The van der Waals surface area contributed by atoms with Gasteiger partial charge in [0.15, 0.2) is 0 Å². The second-order valence-electron chi connectivity index (χ2n) is 4.82. The van der Waals surface area contributed by atoms with E-state index in [1.54, 1.807) is 19.2 Å². The molecule has 5 nitrogen and oxygen atoms in total. The third-order valence-corrected chi connectivity index (χ3v) is 3.21. The van der Waals surface area contributed by atoms with Gasteiger partial charge in [-0.1, -0.05) is 17.9 Å². The highest BCUT2D eigenvalue weighted by molar-refractivity contribution is 5.92. The highest BCUT2D eigenvalue weighted by atomic mass is 19.1. The van der Waals surface area contributed by atoms with Gasteiger partial charge in [-0.05, 0) is 17.7 Å². The summed E-state index contributed by atoms with van der Waals surface area (Å²) in [6.45, 7) is 0.515. The van der Waals surface area contributed by atoms with Crippen LogP contribution in [0, 0.1) is 17.7 Å². The lowest BCUT2D eigenvalue weighted by Crippen LogP contribution is -2.51. The van der Waals surface area contributed by atoms with Crippen molar-refractivity contribution in [2.45, 2.75) is 6.54 Å². The molecule has 2 amide bonds. The first kappa shape index (κ1) is 15.0. The van der Waals surface area contributed by atoms with Crippen molar-refractivity contribution in [1.82, 2.24) is 9.80 Å². The van der Waals surface area contributed by atoms with E-state index >= 15 is 0 Å². The zero-order valence-electron chi connectivity index (χ0n) is 11.7. The highest BCUT2D eigenvalue weighted by Crippen LogP contribution is 2.14. The second-order valence-corrected chi connectivity index (χ2v) is 4.82. The van der Waals surface area contributed by atoms with Gasteiger partial charge in [-0.25, -0.2) is 4.39 Å². The summed E-state index contributed by atoms with van der Waals surface area (Å²) >= 11 is 0. The van der Waals surface area contributed by atoms with Crippen molar-refractivity contribution in [3.8, 4) is 11.8 Å². The first-order chi connectivity index (χ1) is 10.0. The van der Waals surface area contributed by atoms with Gasteiger partial charge in [0.25, 0.3) is 0 Å². The molecule has 0 aromatic heterocycles. The Morgan fingerprint density at radius 2 is 2.05 bits per heavy atom. The maximum Gasteiger partial charge on any atom is 0.242 e. The van der Waals surface area contributed by atoms with Crippen molar-refractivity contribution < 1.29 is 14.0 Å². The van der Waals surface area contributed by atoms with Gasteiger partial charge in [0.05, 0.1) is 18.7 Å². The molecular weight excluding hydrogens is 273 g/mol. The number of benzene rings is 1. The van der Waals surface area contributed by atoms with Gasteiger partial charge < -0.3 is 15.5 Å². The highest BCUT2D eigenvalue weighted by Gasteiger charge is 2.27. The van der Waals surface area contributed by atoms with Crippen molar-refractivity contribution >= 4 is 11.8 Å². The number of nitrogens with two attached hydrogens (primary N) is 1. The molecule has 0 unspecified atom stereocenters. The Balaban J connectivity index is 2.16. The Labute approximate surface area is 122 Å². The van der Waals surface area contributed by atoms with Gasteiger partial charge in [-0.2, -0.15) is 0 Å². The van der Waals surface area contributed by atoms with E-state index < -0.39 is 5.82 Å². The largest absolute Gasteiger partial charge is 0.335 e. The quantitative estimate of drug-likeness (QED) is 0.776. The minimum Gasteiger partial charge on any atom is -0.335 e. The molecule has 0 aliphatic carbocycles. The molecule has 1 aromatic rings. The Hall–Kier alpha value is -2.39. The molecule has 0 bridgehead atoms. The minimum absolute atomic E-state index is 0.0382. The van der Waals surface area contributed by atoms with Crippen LogP contribution in [-0.2, 0) is 16.1 Å². The molecule has 21 heavy (non-hydrogen) atoms. The third-order valence-electron chi connectivity index (χ3n) is 3.21. The van der Waals surface area contributed by atoms with Crippen LogP contribution in [0.2, 0.25) is 0 Å². The van der Waals surface area contributed by atoms with E-state index in [0.717, 1.165) is 5.56 Å². The lowest BCUT2D eigenvalue weighted by molar-refractivity contribution is -0.149. The molecule has 1 heterocycles. The van der Waals surface area contributed by atoms with E-state index in [-0.39, 0.29) is 43.6 Å². The number of likely N-dealkylation sites (N-methyl/N-ethyl adjacent to an activating group) is 1. The first-order valence-corrected chi connectivity index (χ1v) is 6.50. The number of carbonyl (C=O) groups is 2. The smallest absolute Gasteiger partial charge is 0.242 e. The van der Waals surface area contributed by atoms with Crippen molar-refractivity contribution in [2.24, 2.45) is 5.73 Å². The van der Waals surface area contributed by atoms with Gasteiger partial charge in [-0.3, -0.25) is 9.59 Å². The third kappa shape index (κ3) is 3.58. The summed E-state index contributed by atoms with van der Waals surface area (Å²) in [6.07, 6.45) is 0. The Kier molecular flexibility index (Phi) is 4.55. The number of rotatable bonds is 2. The van der Waals surface area contributed by atoms with Crippen molar-refractivity contribution in [2.75, 3.05) is 26.7 Å². The Bertz CT molecular complexity index is 634. The van der Waals surface area contributed by atoms with Crippen molar-refractivity contribution in [3.63, 3.8) is 0 Å². The van der Waals surface area contributed by atoms with E-state index in [2.05, 4.69) is 11.8 Å². The van der Waals surface area contributed by atoms with Gasteiger partial charge in [0.1, 0.15) is 12.4 Å². The van der Waals surface area contributed by atoms with Crippen LogP contribution in [0.25, 0.3) is 0 Å². The van der Waals surface area contributed by atoms with E-state index in [9.17, 15) is 14.0 Å². The van der Waals surface area contributed by atoms with Gasteiger partial charge in [0, 0.05) is 13.6 Å². The lowest BCUT2D eigenvalue weighted by atomic mass is 10.1. The first-order valence-electron chi connectivity index (χ1n) is 6.50. The summed E-state index contributed by atoms with van der Waals surface area (Å²) in [5, 5.41) is 0. The molecule has 1 fully saturated rings. The molecule has 1 aliphatic heterocycles. The van der Waals surface area contributed by atoms with Crippen LogP contribution in [0.5, 0.6) is 0 Å². The molecule has 0 saturated carbocycles. The number of halogens is 1. The SMILES string of the molecule is CN1CC(=O)N(Cc2ccc(F)c(C#CCN)c2)CC1=O. The number of carbonyl (C=O) groups excluding carboxylic acids is 2. The number of amides is 2. The fraction of sp³-hybridized carbons (Fsp3) is 0.333. The van der Waals surface area contributed by atoms with Crippen molar-refractivity contribution in [3.05, 3.63) is 35.1 Å². The predicted octanol–water partition coefficient (Wildman–Crippen LogP) is -0.0635. The monoisotopic (exact) mass is 289 g/mol. The lowest BCUT2D eigenvalue weighted by Gasteiger charge is -2.31. The standard InChI is InChI=1S/C15H16FN3O2/c1-18-9-15(21)19(10-14(18)20)8-11-4-5-13(16)12(7-11)3-2-6-17/h4-5,7H,6,8-10,17H2,1H3. The number of piperazine rings is 1. The topological polar surface area (TPSA) is 66.6 Å². The van der Waals surface area contributed by atoms with Crippen LogP contribution in [0.1, 0.15) is 11.1 Å². The molecule has 1 aliphatic rings. The summed E-state index contributed by atoms with van der Waals surface area (Å²) < 4.78 is 13.6. The Morgan fingerprint density at radius 1 is 1.29 bits per heavy atom. The van der Waals surface area contributed by atoms with E-state index in [1.807, 2.05) is 0 Å². The van der Waals surface area contributed by atoms with Crippen molar-refractivity contribution in [1.29, 1.82) is 0 Å². The molecule has 0 spiro atoms. The molecular formula is C15H16FN3O2. The van der Waals surface area contributed by atoms with E-state index in [1.165, 1.54) is 15.9 Å². The van der Waals surface area contributed by atoms with E-state index in [0.29, 0.717) is 0 Å².